The molecule has 5 nitrogen and oxygen atoms in total. The predicted molar refractivity (Wildman–Crippen MR) is 122 cm³/mol. The first-order valence-electron chi connectivity index (χ1n) is 10.2. The van der Waals surface area contributed by atoms with Crippen molar-refractivity contribution in [1.29, 1.82) is 5.41 Å². The number of carbonyl (C=O) groups is 1. The largest absolute Gasteiger partial charge is 0.490 e. The Hall–Kier alpha value is -2.08. The summed E-state index contributed by atoms with van der Waals surface area (Å²) in [6.07, 6.45) is 3.33. The third kappa shape index (κ3) is 6.46. The summed E-state index contributed by atoms with van der Waals surface area (Å²) in [4.78, 5) is 14.8. The van der Waals surface area contributed by atoms with Gasteiger partial charge in [-0.1, -0.05) is 42.3 Å². The standard InChI is InChI=1S/C23H27Cl2N3O2/c1-16(14-27-23(29)18-4-2-3-17(11-18)13-26)15-28-9-7-19(8-10-28)30-20-5-6-21(24)22(25)12-20/h2-6,11-13,16,19,26H,7-10,14-15H2,1H3,(H,27,29)/t16-/m1/s1. The van der Waals surface area contributed by atoms with Crippen LogP contribution in [0.1, 0.15) is 35.7 Å². The van der Waals surface area contributed by atoms with Crippen molar-refractivity contribution in [3.05, 3.63) is 63.6 Å². The van der Waals surface area contributed by atoms with Crippen LogP contribution in [-0.2, 0) is 0 Å². The van der Waals surface area contributed by atoms with Gasteiger partial charge in [0.05, 0.1) is 10.0 Å². The highest BCUT2D eigenvalue weighted by molar-refractivity contribution is 6.42. The van der Waals surface area contributed by atoms with Crippen LogP contribution in [0.15, 0.2) is 42.5 Å². The molecule has 0 radical (unpaired) electrons. The summed E-state index contributed by atoms with van der Waals surface area (Å²) in [6, 6.07) is 12.5. The lowest BCUT2D eigenvalue weighted by molar-refractivity contribution is 0.0885. The molecule has 7 heteroatoms. The summed E-state index contributed by atoms with van der Waals surface area (Å²) in [7, 11) is 0. The third-order valence-electron chi connectivity index (χ3n) is 5.22. The molecule has 160 valence electrons. The summed E-state index contributed by atoms with van der Waals surface area (Å²) >= 11 is 12.0. The minimum absolute atomic E-state index is 0.0979. The number of nitrogens with one attached hydrogen (secondary N) is 2. The minimum Gasteiger partial charge on any atom is -0.490 e. The molecular weight excluding hydrogens is 421 g/mol. The zero-order chi connectivity index (χ0) is 21.5. The molecule has 1 aliphatic rings. The zero-order valence-corrected chi connectivity index (χ0v) is 18.5. The van der Waals surface area contributed by atoms with E-state index in [2.05, 4.69) is 17.1 Å². The van der Waals surface area contributed by atoms with E-state index in [1.165, 1.54) is 6.21 Å². The van der Waals surface area contributed by atoms with Gasteiger partial charge in [-0.2, -0.15) is 0 Å². The molecule has 2 aromatic rings. The van der Waals surface area contributed by atoms with E-state index < -0.39 is 0 Å². The number of benzene rings is 2. The highest BCUT2D eigenvalue weighted by atomic mass is 35.5. The first-order valence-corrected chi connectivity index (χ1v) is 10.9. The summed E-state index contributed by atoms with van der Waals surface area (Å²) in [5, 5.41) is 11.3. The van der Waals surface area contributed by atoms with E-state index in [-0.39, 0.29) is 12.0 Å². The van der Waals surface area contributed by atoms with Crippen LogP contribution >= 0.6 is 23.2 Å². The summed E-state index contributed by atoms with van der Waals surface area (Å²) < 4.78 is 6.05. The maximum Gasteiger partial charge on any atom is 0.251 e. The van der Waals surface area contributed by atoms with Crippen molar-refractivity contribution < 1.29 is 9.53 Å². The van der Waals surface area contributed by atoms with E-state index in [0.717, 1.165) is 43.8 Å². The molecule has 0 aliphatic carbocycles. The SMILES string of the molecule is C[C@H](CNC(=O)c1cccc(C=N)c1)CN1CCC(Oc2ccc(Cl)c(Cl)c2)CC1. The van der Waals surface area contributed by atoms with E-state index in [9.17, 15) is 4.79 Å². The van der Waals surface area contributed by atoms with Gasteiger partial charge in [-0.15, -0.1) is 0 Å². The molecule has 1 amide bonds. The zero-order valence-electron chi connectivity index (χ0n) is 17.0. The average molecular weight is 448 g/mol. The second-order valence-electron chi connectivity index (χ2n) is 7.78. The fourth-order valence-corrected chi connectivity index (χ4v) is 3.88. The number of carbonyl (C=O) groups excluding carboxylic acids is 1. The van der Waals surface area contributed by atoms with Crippen molar-refractivity contribution in [3.8, 4) is 5.75 Å². The summed E-state index contributed by atoms with van der Waals surface area (Å²) in [5.74, 6) is 0.998. The van der Waals surface area contributed by atoms with Gasteiger partial charge in [0, 0.05) is 44.0 Å². The molecule has 2 aromatic carbocycles. The fraction of sp³-hybridized carbons (Fsp3) is 0.391. The lowest BCUT2D eigenvalue weighted by atomic mass is 10.0. The number of nitrogens with zero attached hydrogens (tertiary/aromatic N) is 1. The number of rotatable bonds is 8. The van der Waals surface area contributed by atoms with E-state index in [4.69, 9.17) is 33.3 Å². The Bertz CT molecular complexity index is 883. The molecule has 1 atom stereocenters. The highest BCUT2D eigenvalue weighted by Gasteiger charge is 2.22. The molecule has 1 fully saturated rings. The molecule has 0 unspecified atom stereocenters. The van der Waals surface area contributed by atoms with Crippen LogP contribution in [0.4, 0.5) is 0 Å². The Morgan fingerprint density at radius 1 is 1.23 bits per heavy atom. The van der Waals surface area contributed by atoms with Crippen LogP contribution < -0.4 is 10.1 Å². The molecule has 2 N–H and O–H groups in total. The third-order valence-corrected chi connectivity index (χ3v) is 5.96. The molecule has 1 aliphatic heterocycles. The average Bonchev–Trinajstić information content (AvgIpc) is 2.76. The quantitative estimate of drug-likeness (QED) is 0.565. The normalized spacial score (nSPS) is 16.1. The first-order chi connectivity index (χ1) is 14.4. The Morgan fingerprint density at radius 3 is 2.70 bits per heavy atom. The van der Waals surface area contributed by atoms with Gasteiger partial charge in [0.15, 0.2) is 0 Å². The maximum absolute atomic E-state index is 12.3. The van der Waals surface area contributed by atoms with Gasteiger partial charge in [-0.05, 0) is 48.6 Å². The van der Waals surface area contributed by atoms with E-state index >= 15 is 0 Å². The molecule has 1 saturated heterocycles. The highest BCUT2D eigenvalue weighted by Crippen LogP contribution is 2.28. The van der Waals surface area contributed by atoms with Crippen molar-refractivity contribution in [2.24, 2.45) is 5.92 Å². The second kappa shape index (κ2) is 10.8. The van der Waals surface area contributed by atoms with E-state index in [1.807, 2.05) is 6.07 Å². The number of amides is 1. The Balaban J connectivity index is 1.39. The Kier molecular flexibility index (Phi) is 8.14. The van der Waals surface area contributed by atoms with Crippen LogP contribution in [0.5, 0.6) is 5.75 Å². The van der Waals surface area contributed by atoms with Gasteiger partial charge in [0.2, 0.25) is 0 Å². The Morgan fingerprint density at radius 2 is 2.00 bits per heavy atom. The second-order valence-corrected chi connectivity index (χ2v) is 8.59. The first kappa shape index (κ1) is 22.6. The van der Waals surface area contributed by atoms with Gasteiger partial charge in [-0.3, -0.25) is 4.79 Å². The smallest absolute Gasteiger partial charge is 0.251 e. The van der Waals surface area contributed by atoms with Crippen molar-refractivity contribution in [3.63, 3.8) is 0 Å². The van der Waals surface area contributed by atoms with E-state index in [1.54, 1.807) is 36.4 Å². The molecule has 0 aromatic heterocycles. The number of ether oxygens (including phenoxy) is 1. The van der Waals surface area contributed by atoms with Crippen LogP contribution in [0.25, 0.3) is 0 Å². The predicted octanol–water partition coefficient (Wildman–Crippen LogP) is 4.90. The topological polar surface area (TPSA) is 65.4 Å². The monoisotopic (exact) mass is 447 g/mol. The summed E-state index contributed by atoms with van der Waals surface area (Å²) in [6.45, 7) is 5.62. The number of hydrogen-bond acceptors (Lipinski definition) is 4. The number of likely N-dealkylation sites (tertiary alicyclic amines) is 1. The Labute approximate surface area is 187 Å². The van der Waals surface area contributed by atoms with Gasteiger partial charge in [0.25, 0.3) is 5.91 Å². The van der Waals surface area contributed by atoms with Crippen LogP contribution in [0.3, 0.4) is 0 Å². The van der Waals surface area contributed by atoms with Crippen molar-refractivity contribution in [1.82, 2.24) is 10.2 Å². The van der Waals surface area contributed by atoms with Crippen LogP contribution in [0.2, 0.25) is 10.0 Å². The van der Waals surface area contributed by atoms with Gasteiger partial charge in [-0.25, -0.2) is 0 Å². The molecule has 0 bridgehead atoms. The van der Waals surface area contributed by atoms with Crippen molar-refractivity contribution in [2.45, 2.75) is 25.9 Å². The van der Waals surface area contributed by atoms with Crippen molar-refractivity contribution >= 4 is 35.3 Å². The van der Waals surface area contributed by atoms with Gasteiger partial charge >= 0.3 is 0 Å². The molecule has 1 heterocycles. The van der Waals surface area contributed by atoms with Crippen molar-refractivity contribution in [2.75, 3.05) is 26.2 Å². The molecule has 0 saturated carbocycles. The minimum atomic E-state index is -0.0979. The lowest BCUT2D eigenvalue weighted by Gasteiger charge is -2.33. The lowest BCUT2D eigenvalue weighted by Crippen LogP contribution is -2.42. The van der Waals surface area contributed by atoms with Gasteiger partial charge in [0.1, 0.15) is 11.9 Å². The van der Waals surface area contributed by atoms with Crippen LogP contribution in [-0.4, -0.2) is 49.3 Å². The number of piperidine rings is 1. The molecule has 3 rings (SSSR count). The van der Waals surface area contributed by atoms with Gasteiger partial charge < -0.3 is 20.4 Å². The molecule has 0 spiro atoms. The molecule has 30 heavy (non-hydrogen) atoms. The number of hydrogen-bond donors (Lipinski definition) is 2. The summed E-state index contributed by atoms with van der Waals surface area (Å²) in [5.41, 5.74) is 1.31. The maximum atomic E-state index is 12.3. The number of halogens is 2. The molecular formula is C23H27Cl2N3O2. The van der Waals surface area contributed by atoms with Crippen LogP contribution in [0, 0.1) is 11.3 Å². The fourth-order valence-electron chi connectivity index (χ4n) is 3.60. The van der Waals surface area contributed by atoms with E-state index in [0.29, 0.717) is 28.1 Å².